The quantitative estimate of drug-likeness (QED) is 0.814. The van der Waals surface area contributed by atoms with Gasteiger partial charge in [0.1, 0.15) is 17.2 Å². The number of ether oxygens (including phenoxy) is 1. The van der Waals surface area contributed by atoms with Crippen LogP contribution < -0.4 is 5.32 Å². The van der Waals surface area contributed by atoms with E-state index in [1.54, 1.807) is 0 Å². The normalized spacial score (nSPS) is 11.2. The van der Waals surface area contributed by atoms with Crippen molar-refractivity contribution in [2.45, 2.75) is 52.6 Å². The summed E-state index contributed by atoms with van der Waals surface area (Å²) < 4.78 is 33.0. The van der Waals surface area contributed by atoms with Crippen LogP contribution in [-0.2, 0) is 16.0 Å². The molecular weight excluding hydrogens is 308 g/mol. The van der Waals surface area contributed by atoms with Gasteiger partial charge < -0.3 is 10.1 Å². The zero-order valence-electron chi connectivity index (χ0n) is 13.3. The molecule has 0 aliphatic rings. The van der Waals surface area contributed by atoms with E-state index in [-0.39, 0.29) is 35.1 Å². The van der Waals surface area contributed by atoms with Crippen LogP contribution in [0.2, 0.25) is 0 Å². The minimum Gasteiger partial charge on any atom is -0.481 e. The van der Waals surface area contributed by atoms with E-state index in [1.165, 1.54) is 6.07 Å². The molecule has 6 heteroatoms. The van der Waals surface area contributed by atoms with Crippen LogP contribution >= 0.6 is 12.2 Å². The molecule has 0 atom stereocenters. The average molecular weight is 329 g/mol. The van der Waals surface area contributed by atoms with Gasteiger partial charge in [-0.3, -0.25) is 4.79 Å². The van der Waals surface area contributed by atoms with Gasteiger partial charge >= 0.3 is 0 Å². The van der Waals surface area contributed by atoms with Crippen molar-refractivity contribution in [2.24, 2.45) is 0 Å². The van der Waals surface area contributed by atoms with Gasteiger partial charge in [0.25, 0.3) is 0 Å². The Morgan fingerprint density at radius 3 is 2.45 bits per heavy atom. The molecule has 0 saturated carbocycles. The Labute approximate surface area is 135 Å². The highest BCUT2D eigenvalue weighted by molar-refractivity contribution is 7.80. The standard InChI is InChI=1S/C16H21F2NO2S/c1-5-6-14(20)19-13-7-10(11(17)9-12(13)18)8-15(22)21-16(2,3)4/h7,9H,5-6,8H2,1-4H3,(H,19,20). The predicted molar refractivity (Wildman–Crippen MR) is 87.0 cm³/mol. The van der Waals surface area contributed by atoms with Gasteiger partial charge in [0.05, 0.1) is 5.69 Å². The van der Waals surface area contributed by atoms with Gasteiger partial charge in [-0.2, -0.15) is 0 Å². The summed E-state index contributed by atoms with van der Waals surface area (Å²) in [6.07, 6.45) is 0.956. The molecule has 0 unspecified atom stereocenters. The largest absolute Gasteiger partial charge is 0.481 e. The first-order valence-corrected chi connectivity index (χ1v) is 7.53. The number of halogens is 2. The smallest absolute Gasteiger partial charge is 0.224 e. The third-order valence-electron chi connectivity index (χ3n) is 2.64. The van der Waals surface area contributed by atoms with Crippen LogP contribution in [-0.4, -0.2) is 16.6 Å². The molecule has 0 aromatic heterocycles. The van der Waals surface area contributed by atoms with Crippen molar-refractivity contribution >= 4 is 28.9 Å². The fraction of sp³-hybridized carbons (Fsp3) is 0.500. The molecule has 0 aliphatic carbocycles. The van der Waals surface area contributed by atoms with Crippen molar-refractivity contribution in [3.63, 3.8) is 0 Å². The lowest BCUT2D eigenvalue weighted by molar-refractivity contribution is -0.116. The molecule has 122 valence electrons. The van der Waals surface area contributed by atoms with Crippen molar-refractivity contribution in [3.8, 4) is 0 Å². The Morgan fingerprint density at radius 2 is 1.91 bits per heavy atom. The number of hydrogen-bond donors (Lipinski definition) is 1. The number of rotatable bonds is 5. The molecule has 0 heterocycles. The highest BCUT2D eigenvalue weighted by Crippen LogP contribution is 2.22. The number of thiocarbonyl (C=S) groups is 1. The molecule has 0 saturated heterocycles. The van der Waals surface area contributed by atoms with Gasteiger partial charge in [-0.1, -0.05) is 6.92 Å². The number of anilines is 1. The van der Waals surface area contributed by atoms with E-state index in [1.807, 2.05) is 27.7 Å². The molecule has 1 rings (SSSR count). The molecule has 0 aliphatic heterocycles. The Kier molecular flexibility index (Phi) is 6.41. The van der Waals surface area contributed by atoms with Gasteiger partial charge in [-0.05, 0) is 51.0 Å². The molecular formula is C16H21F2NO2S. The van der Waals surface area contributed by atoms with Gasteiger partial charge in [-0.15, -0.1) is 0 Å². The molecule has 1 amide bonds. The molecule has 22 heavy (non-hydrogen) atoms. The Morgan fingerprint density at radius 1 is 1.27 bits per heavy atom. The van der Waals surface area contributed by atoms with Crippen LogP contribution in [0.15, 0.2) is 12.1 Å². The van der Waals surface area contributed by atoms with Crippen LogP contribution in [0.4, 0.5) is 14.5 Å². The van der Waals surface area contributed by atoms with E-state index in [9.17, 15) is 13.6 Å². The van der Waals surface area contributed by atoms with Crippen molar-refractivity contribution in [3.05, 3.63) is 29.3 Å². The number of benzene rings is 1. The van der Waals surface area contributed by atoms with Gasteiger partial charge in [-0.25, -0.2) is 8.78 Å². The zero-order valence-corrected chi connectivity index (χ0v) is 14.1. The Bertz CT molecular complexity index is 568. The van der Waals surface area contributed by atoms with Crippen LogP contribution in [0.1, 0.15) is 46.1 Å². The van der Waals surface area contributed by atoms with E-state index in [4.69, 9.17) is 17.0 Å². The van der Waals surface area contributed by atoms with E-state index in [2.05, 4.69) is 5.32 Å². The first kappa shape index (κ1) is 18.5. The van der Waals surface area contributed by atoms with Gasteiger partial charge in [0.15, 0.2) is 5.05 Å². The summed E-state index contributed by atoms with van der Waals surface area (Å²) in [6, 6.07) is 2.01. The minimum atomic E-state index is -0.812. The molecule has 0 bridgehead atoms. The summed E-state index contributed by atoms with van der Waals surface area (Å²) in [6.45, 7) is 7.33. The number of carbonyl (C=O) groups is 1. The van der Waals surface area contributed by atoms with Crippen LogP contribution in [0.25, 0.3) is 0 Å². The van der Waals surface area contributed by atoms with Crippen molar-refractivity contribution in [1.82, 2.24) is 0 Å². The highest BCUT2D eigenvalue weighted by Gasteiger charge is 2.17. The molecule has 0 spiro atoms. The third kappa shape index (κ3) is 6.05. The summed E-state index contributed by atoms with van der Waals surface area (Å²) >= 11 is 5.08. The van der Waals surface area contributed by atoms with Gasteiger partial charge in [0.2, 0.25) is 5.91 Å². The Hall–Kier alpha value is -1.56. The average Bonchev–Trinajstić information content (AvgIpc) is 2.33. The second-order valence-electron chi connectivity index (χ2n) is 5.98. The lowest BCUT2D eigenvalue weighted by Crippen LogP contribution is -2.24. The van der Waals surface area contributed by atoms with Crippen molar-refractivity contribution in [2.75, 3.05) is 5.32 Å². The fourth-order valence-corrected chi connectivity index (χ4v) is 2.20. The molecule has 1 aromatic rings. The van der Waals surface area contributed by atoms with Crippen LogP contribution in [0.5, 0.6) is 0 Å². The summed E-state index contributed by atoms with van der Waals surface area (Å²) in [4.78, 5) is 11.5. The molecule has 3 nitrogen and oxygen atoms in total. The highest BCUT2D eigenvalue weighted by atomic mass is 32.1. The first-order chi connectivity index (χ1) is 10.1. The maximum atomic E-state index is 13.8. The SMILES string of the molecule is CCCC(=O)Nc1cc(CC(=S)OC(C)(C)C)c(F)cc1F. The van der Waals surface area contributed by atoms with E-state index >= 15 is 0 Å². The molecule has 1 aromatic carbocycles. The van der Waals surface area contributed by atoms with E-state index in [0.717, 1.165) is 6.07 Å². The monoisotopic (exact) mass is 329 g/mol. The van der Waals surface area contributed by atoms with Gasteiger partial charge in [0, 0.05) is 18.9 Å². The predicted octanol–water partition coefficient (Wildman–Crippen LogP) is 4.39. The summed E-state index contributed by atoms with van der Waals surface area (Å²) in [5.74, 6) is -1.84. The summed E-state index contributed by atoms with van der Waals surface area (Å²) in [5, 5.41) is 2.65. The molecule has 0 fully saturated rings. The summed E-state index contributed by atoms with van der Waals surface area (Å²) in [5.41, 5.74) is -0.345. The fourth-order valence-electron chi connectivity index (χ4n) is 1.80. The van der Waals surface area contributed by atoms with Crippen molar-refractivity contribution < 1.29 is 18.3 Å². The van der Waals surface area contributed by atoms with Crippen LogP contribution in [0, 0.1) is 11.6 Å². The topological polar surface area (TPSA) is 38.3 Å². The number of nitrogens with one attached hydrogen (secondary N) is 1. The maximum Gasteiger partial charge on any atom is 0.224 e. The molecule has 0 radical (unpaired) electrons. The lowest BCUT2D eigenvalue weighted by atomic mass is 10.1. The van der Waals surface area contributed by atoms with Crippen LogP contribution in [0.3, 0.4) is 0 Å². The lowest BCUT2D eigenvalue weighted by Gasteiger charge is -2.21. The second-order valence-corrected chi connectivity index (χ2v) is 6.44. The number of carbonyl (C=O) groups excluding carboxylic acids is 1. The second kappa shape index (κ2) is 7.63. The van der Waals surface area contributed by atoms with Crippen molar-refractivity contribution in [1.29, 1.82) is 0 Å². The number of hydrogen-bond acceptors (Lipinski definition) is 3. The zero-order chi connectivity index (χ0) is 16.9. The number of amides is 1. The minimum absolute atomic E-state index is 0.0371. The first-order valence-electron chi connectivity index (χ1n) is 7.12. The molecule has 1 N–H and O–H groups in total. The van der Waals surface area contributed by atoms with E-state index < -0.39 is 17.2 Å². The summed E-state index contributed by atoms with van der Waals surface area (Å²) in [7, 11) is 0. The third-order valence-corrected chi connectivity index (χ3v) is 2.87. The maximum absolute atomic E-state index is 13.8. The Balaban J connectivity index is 2.91. The van der Waals surface area contributed by atoms with E-state index in [0.29, 0.717) is 6.42 Å².